The van der Waals surface area contributed by atoms with Crippen molar-refractivity contribution >= 4 is 12.1 Å². The lowest BCUT2D eigenvalue weighted by molar-refractivity contribution is 0.0452. The largest absolute Gasteiger partial charge is 0.444 e. The molecule has 0 aromatic heterocycles. The second-order valence-corrected chi connectivity index (χ2v) is 8.46. The third-order valence-corrected chi connectivity index (χ3v) is 5.04. The van der Waals surface area contributed by atoms with Crippen LogP contribution < -0.4 is 16.0 Å². The molecule has 158 valence electrons. The first-order valence-electron chi connectivity index (χ1n) is 10.4. The molecule has 7 heteroatoms. The number of guanidine groups is 1. The van der Waals surface area contributed by atoms with Crippen molar-refractivity contribution < 1.29 is 14.6 Å². The van der Waals surface area contributed by atoms with E-state index in [9.17, 15) is 9.90 Å². The number of carbonyl (C=O) groups excluding carboxylic acids is 1. The average molecular weight is 385 g/mol. The zero-order valence-electron chi connectivity index (χ0n) is 18.0. The minimum absolute atomic E-state index is 0.173. The van der Waals surface area contributed by atoms with Crippen LogP contribution in [0.2, 0.25) is 0 Å². The minimum atomic E-state index is -0.525. The number of aliphatic imine (C=N–C) groups is 1. The highest BCUT2D eigenvalue weighted by Crippen LogP contribution is 2.19. The number of hydrogen-bond acceptors (Lipinski definition) is 4. The van der Waals surface area contributed by atoms with E-state index in [0.717, 1.165) is 51.0 Å². The summed E-state index contributed by atoms with van der Waals surface area (Å²) in [6, 6.07) is 0.322. The molecule has 27 heavy (non-hydrogen) atoms. The fourth-order valence-electron chi connectivity index (χ4n) is 3.17. The molecule has 1 aliphatic rings. The molecule has 0 spiro atoms. The molecule has 0 saturated heterocycles. The van der Waals surface area contributed by atoms with Crippen molar-refractivity contribution in [2.45, 2.75) is 103 Å². The Kier molecular flexibility index (Phi) is 9.36. The molecule has 0 bridgehead atoms. The van der Waals surface area contributed by atoms with Crippen molar-refractivity contribution in [2.75, 3.05) is 13.1 Å². The third kappa shape index (κ3) is 8.82. The van der Waals surface area contributed by atoms with Gasteiger partial charge in [-0.05, 0) is 66.2 Å². The fraction of sp³-hybridized carbons (Fsp3) is 0.900. The van der Waals surface area contributed by atoms with Gasteiger partial charge in [0.2, 0.25) is 0 Å². The van der Waals surface area contributed by atoms with Gasteiger partial charge in [-0.25, -0.2) is 4.79 Å². The number of aliphatic hydroxyl groups is 1. The SMILES string of the molecule is CCNC(=NCC(CC)(CC)NC(=O)OC(C)(C)C)NC1CCC(O)CC1. The number of amides is 1. The van der Waals surface area contributed by atoms with Crippen LogP contribution in [-0.4, -0.2) is 53.5 Å². The van der Waals surface area contributed by atoms with Gasteiger partial charge in [-0.2, -0.15) is 0 Å². The van der Waals surface area contributed by atoms with Crippen molar-refractivity contribution in [1.82, 2.24) is 16.0 Å². The topological polar surface area (TPSA) is 95.0 Å². The van der Waals surface area contributed by atoms with Crippen LogP contribution >= 0.6 is 0 Å². The molecule has 1 amide bonds. The monoisotopic (exact) mass is 384 g/mol. The van der Waals surface area contributed by atoms with Gasteiger partial charge < -0.3 is 25.8 Å². The highest BCUT2D eigenvalue weighted by molar-refractivity contribution is 5.80. The Balaban J connectivity index is 2.76. The summed E-state index contributed by atoms with van der Waals surface area (Å²) in [4.78, 5) is 17.0. The Morgan fingerprint density at radius 2 is 1.70 bits per heavy atom. The van der Waals surface area contributed by atoms with Crippen LogP contribution in [-0.2, 0) is 4.74 Å². The summed E-state index contributed by atoms with van der Waals surface area (Å²) in [5.41, 5.74) is -0.962. The van der Waals surface area contributed by atoms with Crippen molar-refractivity contribution in [3.8, 4) is 0 Å². The summed E-state index contributed by atoms with van der Waals surface area (Å²) < 4.78 is 5.43. The number of carbonyl (C=O) groups is 1. The van der Waals surface area contributed by atoms with Gasteiger partial charge >= 0.3 is 6.09 Å². The van der Waals surface area contributed by atoms with E-state index < -0.39 is 17.2 Å². The van der Waals surface area contributed by atoms with E-state index in [4.69, 9.17) is 9.73 Å². The van der Waals surface area contributed by atoms with Gasteiger partial charge in [-0.1, -0.05) is 13.8 Å². The number of hydrogen-bond donors (Lipinski definition) is 4. The maximum Gasteiger partial charge on any atom is 0.408 e. The molecule has 1 rings (SSSR count). The predicted octanol–water partition coefficient (Wildman–Crippen LogP) is 2.93. The molecule has 0 unspecified atom stereocenters. The first-order valence-corrected chi connectivity index (χ1v) is 10.4. The number of ether oxygens (including phenoxy) is 1. The highest BCUT2D eigenvalue weighted by atomic mass is 16.6. The highest BCUT2D eigenvalue weighted by Gasteiger charge is 2.30. The molecule has 0 heterocycles. The Labute approximate surface area is 164 Å². The molecule has 0 aromatic rings. The second-order valence-electron chi connectivity index (χ2n) is 8.46. The van der Waals surface area contributed by atoms with Crippen LogP contribution in [0, 0.1) is 0 Å². The number of rotatable bonds is 7. The van der Waals surface area contributed by atoms with Crippen molar-refractivity contribution in [2.24, 2.45) is 4.99 Å². The minimum Gasteiger partial charge on any atom is -0.444 e. The molecule has 0 aliphatic heterocycles. The van der Waals surface area contributed by atoms with Gasteiger partial charge in [0.25, 0.3) is 0 Å². The molecule has 1 aliphatic carbocycles. The molecule has 0 atom stereocenters. The molecular weight excluding hydrogens is 344 g/mol. The quantitative estimate of drug-likeness (QED) is 0.400. The zero-order chi connectivity index (χ0) is 20.5. The van der Waals surface area contributed by atoms with Gasteiger partial charge in [0.1, 0.15) is 5.60 Å². The standard InChI is InChI=1S/C20H40N4O3/c1-7-20(8-2,24-18(26)27-19(4,5)6)14-22-17(21-9-3)23-15-10-12-16(25)13-11-15/h15-16,25H,7-14H2,1-6H3,(H,24,26)(H2,21,22,23). The van der Waals surface area contributed by atoms with E-state index in [0.29, 0.717) is 12.6 Å². The van der Waals surface area contributed by atoms with Crippen LogP contribution in [0.15, 0.2) is 4.99 Å². The van der Waals surface area contributed by atoms with E-state index in [1.165, 1.54) is 0 Å². The summed E-state index contributed by atoms with van der Waals surface area (Å²) >= 11 is 0. The van der Waals surface area contributed by atoms with Gasteiger partial charge in [-0.15, -0.1) is 0 Å². The summed E-state index contributed by atoms with van der Waals surface area (Å²) in [5, 5.41) is 19.5. The molecule has 1 fully saturated rings. The summed E-state index contributed by atoms with van der Waals surface area (Å²) in [5.74, 6) is 0.760. The Bertz CT molecular complexity index is 476. The number of alkyl carbamates (subject to hydrolysis) is 1. The first kappa shape index (κ1) is 23.5. The van der Waals surface area contributed by atoms with E-state index in [1.54, 1.807) is 0 Å². The molecule has 1 saturated carbocycles. The zero-order valence-corrected chi connectivity index (χ0v) is 18.0. The third-order valence-electron chi connectivity index (χ3n) is 5.04. The van der Waals surface area contributed by atoms with Crippen LogP contribution in [0.5, 0.6) is 0 Å². The summed E-state index contributed by atoms with van der Waals surface area (Å²) in [6.45, 7) is 13.0. The lowest BCUT2D eigenvalue weighted by Gasteiger charge is -2.33. The van der Waals surface area contributed by atoms with Crippen molar-refractivity contribution in [3.63, 3.8) is 0 Å². The maximum absolute atomic E-state index is 12.3. The van der Waals surface area contributed by atoms with Crippen molar-refractivity contribution in [3.05, 3.63) is 0 Å². The van der Waals surface area contributed by atoms with Crippen LogP contribution in [0.4, 0.5) is 4.79 Å². The Morgan fingerprint density at radius 1 is 1.11 bits per heavy atom. The lowest BCUT2D eigenvalue weighted by atomic mass is 9.93. The summed E-state index contributed by atoms with van der Waals surface area (Å²) in [6.07, 6.45) is 4.48. The van der Waals surface area contributed by atoms with Gasteiger partial charge in [-0.3, -0.25) is 4.99 Å². The van der Waals surface area contributed by atoms with Crippen LogP contribution in [0.1, 0.15) is 80.1 Å². The Hall–Kier alpha value is -1.50. The van der Waals surface area contributed by atoms with Crippen LogP contribution in [0.25, 0.3) is 0 Å². The molecule has 4 N–H and O–H groups in total. The Morgan fingerprint density at radius 3 is 2.19 bits per heavy atom. The predicted molar refractivity (Wildman–Crippen MR) is 110 cm³/mol. The van der Waals surface area contributed by atoms with E-state index >= 15 is 0 Å². The number of aliphatic hydroxyl groups excluding tert-OH is 1. The lowest BCUT2D eigenvalue weighted by Crippen LogP contribution is -2.52. The van der Waals surface area contributed by atoms with E-state index in [2.05, 4.69) is 29.8 Å². The van der Waals surface area contributed by atoms with Crippen LogP contribution in [0.3, 0.4) is 0 Å². The fourth-order valence-corrected chi connectivity index (χ4v) is 3.17. The maximum atomic E-state index is 12.3. The molecule has 7 nitrogen and oxygen atoms in total. The number of nitrogens with zero attached hydrogens (tertiary/aromatic N) is 1. The molecular formula is C20H40N4O3. The first-order chi connectivity index (χ1) is 12.6. The van der Waals surface area contributed by atoms with Gasteiger partial charge in [0, 0.05) is 12.6 Å². The number of nitrogens with one attached hydrogen (secondary N) is 3. The average Bonchev–Trinajstić information content (AvgIpc) is 2.59. The van der Waals surface area contributed by atoms with Gasteiger partial charge in [0.05, 0.1) is 18.2 Å². The summed E-state index contributed by atoms with van der Waals surface area (Å²) in [7, 11) is 0. The molecule has 0 radical (unpaired) electrons. The molecule has 0 aromatic carbocycles. The second kappa shape index (κ2) is 10.7. The van der Waals surface area contributed by atoms with E-state index in [1.807, 2.05) is 27.7 Å². The normalized spacial score (nSPS) is 21.5. The van der Waals surface area contributed by atoms with Gasteiger partial charge in [0.15, 0.2) is 5.96 Å². The smallest absolute Gasteiger partial charge is 0.408 e. The van der Waals surface area contributed by atoms with E-state index in [-0.39, 0.29) is 6.10 Å². The van der Waals surface area contributed by atoms with Crippen molar-refractivity contribution in [1.29, 1.82) is 0 Å².